The number of aromatic nitrogens is 2. The van der Waals surface area contributed by atoms with Crippen molar-refractivity contribution in [3.8, 4) is 11.3 Å². The predicted octanol–water partition coefficient (Wildman–Crippen LogP) is 3.50. The summed E-state index contributed by atoms with van der Waals surface area (Å²) in [6.45, 7) is 2.89. The first-order valence-electron chi connectivity index (χ1n) is 10.5. The summed E-state index contributed by atoms with van der Waals surface area (Å²) in [5, 5.41) is 16.6. The number of nitrogens with two attached hydrogens (primary N) is 1. The lowest BCUT2D eigenvalue weighted by Gasteiger charge is -2.31. The Labute approximate surface area is 201 Å². The van der Waals surface area contributed by atoms with Gasteiger partial charge in [0.25, 0.3) is 0 Å². The molecule has 5 N–H and O–H groups in total. The second kappa shape index (κ2) is 10.4. The average molecular weight is 487 g/mol. The maximum Gasteiger partial charge on any atom is 0.322 e. The number of anilines is 2. The standard InChI is InChI=1S/C23H24Cl2N6O2/c24-17-5-2-6-18(25)16(17)10-29-22-21(26)28-11-19(30-22)15-4-1-3-14(9-15)12-31-8-7-27-20(13-31)23(32)33/h1-6,9,11,20,27H,7-8,10,12-13H2,(H2,26,28)(H,29,30)(H,32,33)/t20-/m0/s1. The molecule has 2 heterocycles. The highest BCUT2D eigenvalue weighted by atomic mass is 35.5. The van der Waals surface area contributed by atoms with Crippen LogP contribution in [0.3, 0.4) is 0 Å². The lowest BCUT2D eigenvalue weighted by Crippen LogP contribution is -2.53. The molecule has 10 heteroatoms. The number of hydrogen-bond acceptors (Lipinski definition) is 7. The fourth-order valence-corrected chi connectivity index (χ4v) is 4.28. The Morgan fingerprint density at radius 3 is 2.76 bits per heavy atom. The molecule has 1 aliphatic rings. The molecule has 3 aromatic rings. The Balaban J connectivity index is 1.50. The molecular weight excluding hydrogens is 463 g/mol. The van der Waals surface area contributed by atoms with Crippen LogP contribution in [0.2, 0.25) is 10.0 Å². The first-order valence-corrected chi connectivity index (χ1v) is 11.2. The van der Waals surface area contributed by atoms with E-state index in [0.29, 0.717) is 47.7 Å². The summed E-state index contributed by atoms with van der Waals surface area (Å²) < 4.78 is 0. The van der Waals surface area contributed by atoms with E-state index >= 15 is 0 Å². The minimum Gasteiger partial charge on any atom is -0.480 e. The molecule has 1 aliphatic heterocycles. The third-order valence-electron chi connectivity index (χ3n) is 5.48. The van der Waals surface area contributed by atoms with Crippen molar-refractivity contribution in [2.45, 2.75) is 19.1 Å². The molecule has 8 nitrogen and oxygen atoms in total. The van der Waals surface area contributed by atoms with Gasteiger partial charge in [-0.1, -0.05) is 47.5 Å². The third-order valence-corrected chi connectivity index (χ3v) is 6.19. The van der Waals surface area contributed by atoms with Gasteiger partial charge in [0.05, 0.1) is 11.9 Å². The minimum atomic E-state index is -0.830. The normalized spacial score (nSPS) is 16.5. The van der Waals surface area contributed by atoms with E-state index in [4.69, 9.17) is 28.9 Å². The van der Waals surface area contributed by atoms with Crippen LogP contribution in [-0.2, 0) is 17.9 Å². The molecule has 0 spiro atoms. The molecule has 1 atom stereocenters. The molecule has 1 aromatic heterocycles. The van der Waals surface area contributed by atoms with Crippen LogP contribution in [0.4, 0.5) is 11.6 Å². The van der Waals surface area contributed by atoms with Gasteiger partial charge in [0.15, 0.2) is 11.6 Å². The molecule has 4 rings (SSSR count). The second-order valence-corrected chi connectivity index (χ2v) is 8.64. The zero-order valence-corrected chi connectivity index (χ0v) is 19.3. The van der Waals surface area contributed by atoms with E-state index in [1.54, 1.807) is 24.4 Å². The molecule has 0 unspecified atom stereocenters. The number of hydrogen-bond donors (Lipinski definition) is 4. The molecule has 33 heavy (non-hydrogen) atoms. The summed E-state index contributed by atoms with van der Waals surface area (Å²) in [7, 11) is 0. The van der Waals surface area contributed by atoms with E-state index < -0.39 is 12.0 Å². The molecular formula is C23H24Cl2N6O2. The van der Waals surface area contributed by atoms with E-state index in [9.17, 15) is 9.90 Å². The van der Waals surface area contributed by atoms with Crippen LogP contribution in [0.25, 0.3) is 11.3 Å². The summed E-state index contributed by atoms with van der Waals surface area (Å²) in [5.41, 5.74) is 9.42. The molecule has 172 valence electrons. The fraction of sp³-hybridized carbons (Fsp3) is 0.261. The van der Waals surface area contributed by atoms with Crippen molar-refractivity contribution in [1.82, 2.24) is 20.2 Å². The summed E-state index contributed by atoms with van der Waals surface area (Å²) in [6.07, 6.45) is 1.63. The molecule has 0 saturated carbocycles. The van der Waals surface area contributed by atoms with Gasteiger partial charge in [-0.15, -0.1) is 0 Å². The smallest absolute Gasteiger partial charge is 0.322 e. The van der Waals surface area contributed by atoms with Crippen molar-refractivity contribution < 1.29 is 9.90 Å². The van der Waals surface area contributed by atoms with E-state index in [0.717, 1.165) is 23.2 Å². The number of benzene rings is 2. The van der Waals surface area contributed by atoms with Gasteiger partial charge >= 0.3 is 5.97 Å². The summed E-state index contributed by atoms with van der Waals surface area (Å²) in [6, 6.07) is 12.8. The third kappa shape index (κ3) is 5.72. The Hall–Kier alpha value is -2.91. The van der Waals surface area contributed by atoms with Gasteiger partial charge in [0.2, 0.25) is 0 Å². The predicted molar refractivity (Wildman–Crippen MR) is 130 cm³/mol. The lowest BCUT2D eigenvalue weighted by molar-refractivity contribution is -0.140. The maximum atomic E-state index is 11.3. The number of rotatable bonds is 7. The quantitative estimate of drug-likeness (QED) is 0.400. The van der Waals surface area contributed by atoms with Crippen LogP contribution in [0, 0.1) is 0 Å². The molecule has 0 amide bonds. The topological polar surface area (TPSA) is 116 Å². The average Bonchev–Trinajstić information content (AvgIpc) is 2.80. The largest absolute Gasteiger partial charge is 0.480 e. The summed E-state index contributed by atoms with van der Waals surface area (Å²) >= 11 is 12.5. The molecule has 0 bridgehead atoms. The van der Waals surface area contributed by atoms with Crippen molar-refractivity contribution in [3.63, 3.8) is 0 Å². The Morgan fingerprint density at radius 1 is 1.24 bits per heavy atom. The molecule has 1 saturated heterocycles. The molecule has 2 aromatic carbocycles. The highest BCUT2D eigenvalue weighted by Crippen LogP contribution is 2.27. The Morgan fingerprint density at radius 2 is 2.00 bits per heavy atom. The van der Waals surface area contributed by atoms with Gasteiger partial charge in [0.1, 0.15) is 6.04 Å². The van der Waals surface area contributed by atoms with E-state index in [1.807, 2.05) is 24.3 Å². The number of carboxylic acids is 1. The molecule has 0 radical (unpaired) electrons. The number of nitrogens with one attached hydrogen (secondary N) is 2. The first-order chi connectivity index (χ1) is 15.9. The van der Waals surface area contributed by atoms with E-state index in [1.165, 1.54) is 0 Å². The van der Waals surface area contributed by atoms with Gasteiger partial charge in [-0.2, -0.15) is 0 Å². The van der Waals surface area contributed by atoms with Crippen LogP contribution in [0.1, 0.15) is 11.1 Å². The number of nitrogen functional groups attached to an aromatic ring is 1. The zero-order chi connectivity index (χ0) is 23.4. The Kier molecular flexibility index (Phi) is 7.29. The molecule has 0 aliphatic carbocycles. The van der Waals surface area contributed by atoms with Crippen LogP contribution in [-0.4, -0.2) is 51.6 Å². The van der Waals surface area contributed by atoms with Gasteiger partial charge in [-0.25, -0.2) is 9.97 Å². The van der Waals surface area contributed by atoms with Crippen LogP contribution in [0.5, 0.6) is 0 Å². The summed E-state index contributed by atoms with van der Waals surface area (Å²) in [4.78, 5) is 22.4. The van der Waals surface area contributed by atoms with Crippen molar-refractivity contribution in [3.05, 3.63) is 69.8 Å². The lowest BCUT2D eigenvalue weighted by atomic mass is 10.1. The van der Waals surface area contributed by atoms with Crippen LogP contribution < -0.4 is 16.4 Å². The van der Waals surface area contributed by atoms with E-state index in [2.05, 4.69) is 25.5 Å². The molecule has 1 fully saturated rings. The van der Waals surface area contributed by atoms with Crippen LogP contribution in [0.15, 0.2) is 48.7 Å². The number of nitrogens with zero attached hydrogens (tertiary/aromatic N) is 3. The van der Waals surface area contributed by atoms with Gasteiger partial charge in [-0.05, 0) is 23.8 Å². The van der Waals surface area contributed by atoms with Crippen molar-refractivity contribution in [2.24, 2.45) is 0 Å². The first kappa shape index (κ1) is 23.3. The fourth-order valence-electron chi connectivity index (χ4n) is 3.75. The summed E-state index contributed by atoms with van der Waals surface area (Å²) in [5.74, 6) is -0.109. The Bertz CT molecular complexity index is 1140. The highest BCUT2D eigenvalue weighted by Gasteiger charge is 2.24. The second-order valence-electron chi connectivity index (χ2n) is 7.82. The van der Waals surface area contributed by atoms with Crippen molar-refractivity contribution in [1.29, 1.82) is 0 Å². The van der Waals surface area contributed by atoms with E-state index in [-0.39, 0.29) is 5.82 Å². The number of carbonyl (C=O) groups is 1. The highest BCUT2D eigenvalue weighted by molar-refractivity contribution is 6.36. The number of halogens is 2. The van der Waals surface area contributed by atoms with Crippen molar-refractivity contribution in [2.75, 3.05) is 30.7 Å². The minimum absolute atomic E-state index is 0.276. The van der Waals surface area contributed by atoms with Gasteiger partial charge < -0.3 is 21.5 Å². The number of carboxylic acid groups (broad SMARTS) is 1. The van der Waals surface area contributed by atoms with Crippen molar-refractivity contribution >= 4 is 40.8 Å². The van der Waals surface area contributed by atoms with Crippen LogP contribution >= 0.6 is 23.2 Å². The monoisotopic (exact) mass is 486 g/mol. The SMILES string of the molecule is Nc1ncc(-c2cccc(CN3CCN[C@H](C(=O)O)C3)c2)nc1NCc1c(Cl)cccc1Cl. The maximum absolute atomic E-state index is 11.3. The number of piperazine rings is 1. The zero-order valence-electron chi connectivity index (χ0n) is 17.8. The number of aliphatic carboxylic acids is 1. The van der Waals surface area contributed by atoms with Gasteiger partial charge in [-0.3, -0.25) is 9.69 Å². The van der Waals surface area contributed by atoms with Gasteiger partial charge in [0, 0.05) is 53.9 Å².